The Morgan fingerprint density at radius 1 is 1.57 bits per heavy atom. The Morgan fingerprint density at radius 3 is 2.36 bits per heavy atom. The monoisotopic (exact) mass is 234 g/mol. The van der Waals surface area contributed by atoms with E-state index in [-0.39, 0.29) is 6.61 Å². The van der Waals surface area contributed by atoms with Crippen molar-refractivity contribution in [3.63, 3.8) is 0 Å². The van der Waals surface area contributed by atoms with Crippen molar-refractivity contribution in [3.8, 4) is 0 Å². The number of ether oxygens (including phenoxy) is 1. The maximum atomic E-state index is 12.0. The van der Waals surface area contributed by atoms with Crippen LogP contribution in [-0.2, 0) is 20.6 Å². The van der Waals surface area contributed by atoms with Gasteiger partial charge in [0.15, 0.2) is 16.3 Å². The van der Waals surface area contributed by atoms with E-state index in [0.717, 1.165) is 0 Å². The van der Waals surface area contributed by atoms with Crippen LogP contribution in [-0.4, -0.2) is 32.8 Å². The molecule has 0 fully saturated rings. The Morgan fingerprint density at radius 2 is 2.07 bits per heavy atom. The second-order valence-electron chi connectivity index (χ2n) is 2.32. The molecule has 0 aromatic carbocycles. The number of carbonyl (C=O) groups is 1. The minimum atomic E-state index is -4.88. The van der Waals surface area contributed by atoms with Crippen LogP contribution in [0.2, 0.25) is 0 Å². The lowest BCUT2D eigenvalue weighted by Gasteiger charge is -2.15. The van der Waals surface area contributed by atoms with E-state index >= 15 is 0 Å². The van der Waals surface area contributed by atoms with Crippen LogP contribution < -0.4 is 0 Å². The quantitative estimate of drug-likeness (QED) is 0.584. The predicted molar refractivity (Wildman–Crippen MR) is 41.9 cm³/mol. The molecule has 2 unspecified atom stereocenters. The molecule has 0 aromatic heterocycles. The lowest BCUT2D eigenvalue weighted by atomic mass is 10.3. The summed E-state index contributed by atoms with van der Waals surface area (Å²) in [6.07, 6.45) is -6.02. The van der Waals surface area contributed by atoms with E-state index < -0.39 is 34.9 Å². The van der Waals surface area contributed by atoms with E-state index in [0.29, 0.717) is 0 Å². The molecule has 0 spiro atoms. The summed E-state index contributed by atoms with van der Waals surface area (Å²) in [4.78, 5) is 10.6. The van der Waals surface area contributed by atoms with Crippen molar-refractivity contribution in [1.29, 1.82) is 0 Å². The maximum absolute atomic E-state index is 12.0. The number of halogens is 3. The molecular formula is C6H9F3O4S. The largest absolute Gasteiger partial charge is 0.466 e. The fraction of sp³-hybridized carbons (Fsp3) is 0.833. The summed E-state index contributed by atoms with van der Waals surface area (Å²) in [6.45, 7) is 1.36. The fourth-order valence-corrected chi connectivity index (χ4v) is 1.18. The number of rotatable bonds is 4. The summed E-state index contributed by atoms with van der Waals surface area (Å²) in [5.74, 6) is -1.14. The van der Waals surface area contributed by atoms with Gasteiger partial charge in [0, 0.05) is 0 Å². The molecule has 1 N–H and O–H groups in total. The highest BCUT2D eigenvalue weighted by Gasteiger charge is 2.45. The van der Waals surface area contributed by atoms with Crippen LogP contribution in [0.1, 0.15) is 13.3 Å². The summed E-state index contributed by atoms with van der Waals surface area (Å²) in [5.41, 5.74) is 0. The molecule has 0 aliphatic rings. The molecule has 0 aromatic rings. The number of esters is 1. The van der Waals surface area contributed by atoms with Gasteiger partial charge in [-0.25, -0.2) is 4.21 Å². The average Bonchev–Trinajstić information content (AvgIpc) is 1.98. The Bertz CT molecular complexity index is 228. The van der Waals surface area contributed by atoms with Crippen molar-refractivity contribution in [1.82, 2.24) is 0 Å². The fourth-order valence-electron chi connectivity index (χ4n) is 0.673. The molecule has 0 heterocycles. The molecule has 4 nitrogen and oxygen atoms in total. The third kappa shape index (κ3) is 4.56. The Kier molecular flexibility index (Phi) is 5.06. The van der Waals surface area contributed by atoms with Gasteiger partial charge in [-0.1, -0.05) is 0 Å². The molecule has 0 aliphatic heterocycles. The highest BCUT2D eigenvalue weighted by Crippen LogP contribution is 2.26. The van der Waals surface area contributed by atoms with Gasteiger partial charge in [0.25, 0.3) is 0 Å². The zero-order valence-electron chi connectivity index (χ0n) is 7.21. The molecule has 0 rings (SSSR count). The molecule has 0 saturated heterocycles. The van der Waals surface area contributed by atoms with E-state index in [1.165, 1.54) is 6.92 Å². The van der Waals surface area contributed by atoms with Gasteiger partial charge in [0.05, 0.1) is 13.0 Å². The molecule has 8 heteroatoms. The zero-order chi connectivity index (χ0) is 11.4. The van der Waals surface area contributed by atoms with Crippen LogP contribution in [0.15, 0.2) is 0 Å². The lowest BCUT2D eigenvalue weighted by Crippen LogP contribution is -2.35. The van der Waals surface area contributed by atoms with Crippen LogP contribution in [0.3, 0.4) is 0 Å². The van der Waals surface area contributed by atoms with Gasteiger partial charge < -0.3 is 9.29 Å². The van der Waals surface area contributed by atoms with Crippen LogP contribution in [0.5, 0.6) is 0 Å². The Hall–Kier alpha value is -0.630. The van der Waals surface area contributed by atoms with Crippen molar-refractivity contribution in [2.24, 2.45) is 0 Å². The number of carbonyl (C=O) groups excluding carboxylic acids is 1. The van der Waals surface area contributed by atoms with E-state index in [1.54, 1.807) is 0 Å². The molecule has 0 bridgehead atoms. The van der Waals surface area contributed by atoms with Crippen LogP contribution in [0.25, 0.3) is 0 Å². The van der Waals surface area contributed by atoms with Gasteiger partial charge in [-0.15, -0.1) is 0 Å². The smallest absolute Gasteiger partial charge is 0.405 e. The highest BCUT2D eigenvalue weighted by atomic mass is 32.2. The summed E-state index contributed by atoms with van der Waals surface area (Å²) >= 11 is -3.12. The van der Waals surface area contributed by atoms with Gasteiger partial charge >= 0.3 is 12.1 Å². The second kappa shape index (κ2) is 5.30. The Balaban J connectivity index is 4.40. The molecule has 0 radical (unpaired) electrons. The van der Waals surface area contributed by atoms with E-state index in [9.17, 15) is 22.2 Å². The topological polar surface area (TPSA) is 63.6 Å². The van der Waals surface area contributed by atoms with Gasteiger partial charge in [0.2, 0.25) is 0 Å². The first-order valence-corrected chi connectivity index (χ1v) is 4.78. The van der Waals surface area contributed by atoms with Crippen molar-refractivity contribution in [3.05, 3.63) is 0 Å². The van der Waals surface area contributed by atoms with Crippen molar-refractivity contribution >= 4 is 17.0 Å². The SMILES string of the molecule is CCOC(=O)CC(S(=O)O)C(F)(F)F. The molecule has 84 valence electrons. The van der Waals surface area contributed by atoms with Crippen molar-refractivity contribution < 1.29 is 31.5 Å². The molecule has 0 amide bonds. The predicted octanol–water partition coefficient (Wildman–Crippen LogP) is 1.09. The summed E-state index contributed by atoms with van der Waals surface area (Å²) in [5, 5.41) is -2.58. The van der Waals surface area contributed by atoms with Gasteiger partial charge in [-0.3, -0.25) is 4.79 Å². The number of hydrogen-bond donors (Lipinski definition) is 1. The zero-order valence-corrected chi connectivity index (χ0v) is 8.02. The normalized spacial score (nSPS) is 16.1. The molecule has 0 aliphatic carbocycles. The minimum Gasteiger partial charge on any atom is -0.466 e. The molecule has 14 heavy (non-hydrogen) atoms. The number of alkyl halides is 3. The van der Waals surface area contributed by atoms with E-state index in [2.05, 4.69) is 4.74 Å². The van der Waals surface area contributed by atoms with E-state index in [1.807, 2.05) is 0 Å². The first-order chi connectivity index (χ1) is 6.29. The summed E-state index contributed by atoms with van der Waals surface area (Å²) in [7, 11) is 0. The summed E-state index contributed by atoms with van der Waals surface area (Å²) < 4.78 is 58.8. The van der Waals surface area contributed by atoms with Gasteiger partial charge in [0.1, 0.15) is 0 Å². The number of hydrogen-bond acceptors (Lipinski definition) is 3. The van der Waals surface area contributed by atoms with Gasteiger partial charge in [-0.05, 0) is 6.92 Å². The van der Waals surface area contributed by atoms with Crippen LogP contribution in [0.4, 0.5) is 13.2 Å². The van der Waals surface area contributed by atoms with Crippen LogP contribution >= 0.6 is 0 Å². The molecule has 0 saturated carbocycles. The maximum Gasteiger partial charge on any atom is 0.405 e. The van der Waals surface area contributed by atoms with Crippen molar-refractivity contribution in [2.45, 2.75) is 24.8 Å². The summed E-state index contributed by atoms with van der Waals surface area (Å²) in [6, 6.07) is 0. The van der Waals surface area contributed by atoms with Gasteiger partial charge in [-0.2, -0.15) is 13.2 Å². The van der Waals surface area contributed by atoms with Crippen LogP contribution in [0, 0.1) is 0 Å². The lowest BCUT2D eigenvalue weighted by molar-refractivity contribution is -0.155. The average molecular weight is 234 g/mol. The third-order valence-corrected chi connectivity index (χ3v) is 2.19. The third-order valence-electron chi connectivity index (χ3n) is 1.27. The Labute approximate surface area is 80.7 Å². The first-order valence-electron chi connectivity index (χ1n) is 3.61. The highest BCUT2D eigenvalue weighted by molar-refractivity contribution is 7.80. The standard InChI is InChI=1S/C6H9F3O4S/c1-2-13-5(10)3-4(14(11)12)6(7,8)9/h4H,2-3H2,1H3,(H,11,12). The molecular weight excluding hydrogens is 225 g/mol. The minimum absolute atomic E-state index is 0.0680. The van der Waals surface area contributed by atoms with Crippen molar-refractivity contribution in [2.75, 3.05) is 6.61 Å². The molecule has 2 atom stereocenters. The van der Waals surface area contributed by atoms with E-state index in [4.69, 9.17) is 4.55 Å². The first kappa shape index (κ1) is 13.4. The second-order valence-corrected chi connectivity index (χ2v) is 3.44.